The molecule has 0 saturated heterocycles. The van der Waals surface area contributed by atoms with E-state index in [1.54, 1.807) is 19.3 Å². The highest BCUT2D eigenvalue weighted by Crippen LogP contribution is 2.22. The van der Waals surface area contributed by atoms with Gasteiger partial charge in [-0.25, -0.2) is 0 Å². The van der Waals surface area contributed by atoms with Crippen molar-refractivity contribution < 1.29 is 19.4 Å². The molecule has 0 fully saturated rings. The molecule has 2 aromatic rings. The first kappa shape index (κ1) is 13.9. The second-order valence-corrected chi connectivity index (χ2v) is 4.02. The second-order valence-electron chi connectivity index (χ2n) is 4.02. The molecule has 104 valence electrons. The summed E-state index contributed by atoms with van der Waals surface area (Å²) in [5, 5.41) is 18.6. The zero-order valence-electron chi connectivity index (χ0n) is 10.9. The number of aliphatic hydroxyl groups excluding tert-OH is 1. The first-order chi connectivity index (χ1) is 9.65. The predicted molar refractivity (Wildman–Crippen MR) is 74.5 cm³/mol. The van der Waals surface area contributed by atoms with Gasteiger partial charge in [0.2, 0.25) is 11.2 Å². The van der Waals surface area contributed by atoms with Crippen molar-refractivity contribution in [2.24, 2.45) is 0 Å². The highest BCUT2D eigenvalue weighted by molar-refractivity contribution is 5.72. The Balaban J connectivity index is 2.41. The van der Waals surface area contributed by atoms with Crippen LogP contribution in [0.3, 0.4) is 0 Å². The number of hydrogen-bond acceptors (Lipinski definition) is 5. The van der Waals surface area contributed by atoms with Crippen molar-refractivity contribution >= 4 is 12.2 Å². The smallest absolute Gasteiger partial charge is 0.227 e. The molecule has 1 aromatic heterocycles. The van der Waals surface area contributed by atoms with Gasteiger partial charge in [-0.1, -0.05) is 18.2 Å². The average Bonchev–Trinajstić information content (AvgIpc) is 2.48. The number of benzene rings is 1. The van der Waals surface area contributed by atoms with Crippen molar-refractivity contribution in [3.05, 3.63) is 57.6 Å². The minimum atomic E-state index is -0.597. The molecule has 2 rings (SSSR count). The van der Waals surface area contributed by atoms with E-state index in [9.17, 15) is 9.90 Å². The molecule has 0 saturated carbocycles. The minimum absolute atomic E-state index is 0.00699. The Hall–Kier alpha value is -2.53. The summed E-state index contributed by atoms with van der Waals surface area (Å²) in [6.45, 7) is -0.412. The van der Waals surface area contributed by atoms with E-state index in [1.807, 2.05) is 18.2 Å². The number of para-hydroxylation sites is 1. The molecule has 0 spiro atoms. The lowest BCUT2D eigenvalue weighted by molar-refractivity contribution is 0.240. The zero-order valence-corrected chi connectivity index (χ0v) is 10.9. The van der Waals surface area contributed by atoms with Crippen LogP contribution in [0, 0.1) is 0 Å². The van der Waals surface area contributed by atoms with Gasteiger partial charge in [-0.2, -0.15) is 0 Å². The summed E-state index contributed by atoms with van der Waals surface area (Å²) in [6, 6.07) is 8.33. The van der Waals surface area contributed by atoms with E-state index < -0.39 is 17.8 Å². The van der Waals surface area contributed by atoms with E-state index in [1.165, 1.54) is 6.08 Å². The van der Waals surface area contributed by atoms with Crippen molar-refractivity contribution in [3.63, 3.8) is 0 Å². The fourth-order valence-electron chi connectivity index (χ4n) is 1.72. The molecule has 2 N–H and O–H groups in total. The maximum atomic E-state index is 11.5. The number of hydrogen-bond donors (Lipinski definition) is 2. The van der Waals surface area contributed by atoms with Crippen LogP contribution in [0.25, 0.3) is 12.2 Å². The summed E-state index contributed by atoms with van der Waals surface area (Å²) in [5.41, 5.74) is 0.173. The lowest BCUT2D eigenvalue weighted by Gasteiger charge is -2.04. The van der Waals surface area contributed by atoms with Crippen LogP contribution < -0.4 is 10.2 Å². The minimum Gasteiger partial charge on any atom is -0.502 e. The van der Waals surface area contributed by atoms with Gasteiger partial charge < -0.3 is 19.4 Å². The maximum Gasteiger partial charge on any atom is 0.227 e. The second kappa shape index (κ2) is 6.08. The summed E-state index contributed by atoms with van der Waals surface area (Å²) in [4.78, 5) is 11.5. The normalized spacial score (nSPS) is 10.9. The van der Waals surface area contributed by atoms with Gasteiger partial charge in [0, 0.05) is 11.6 Å². The number of aliphatic hydroxyl groups is 1. The molecule has 1 heterocycles. The molecule has 0 unspecified atom stereocenters. The van der Waals surface area contributed by atoms with Crippen molar-refractivity contribution in [3.8, 4) is 11.5 Å². The number of rotatable bonds is 4. The van der Waals surface area contributed by atoms with Crippen LogP contribution in [0.5, 0.6) is 11.5 Å². The van der Waals surface area contributed by atoms with Gasteiger partial charge in [0.1, 0.15) is 18.1 Å². The molecule has 20 heavy (non-hydrogen) atoms. The summed E-state index contributed by atoms with van der Waals surface area (Å²) in [7, 11) is 1.55. The van der Waals surface area contributed by atoms with Crippen LogP contribution in [0.2, 0.25) is 0 Å². The number of ether oxygens (including phenoxy) is 1. The lowest BCUT2D eigenvalue weighted by atomic mass is 10.1. The van der Waals surface area contributed by atoms with Crippen LogP contribution in [0.4, 0.5) is 0 Å². The van der Waals surface area contributed by atoms with E-state index in [0.717, 1.165) is 11.6 Å². The number of methoxy groups -OCH3 is 1. The summed E-state index contributed by atoms with van der Waals surface area (Å²) in [6.07, 6.45) is 3.10. The quantitative estimate of drug-likeness (QED) is 0.891. The standard InChI is InChI=1S/C15H14O5/c1-19-13-5-3-2-4-10(13)6-7-14-15(18)12(17)8-11(9-16)20-14/h2-8,16,18H,9H2,1H3. The van der Waals surface area contributed by atoms with Crippen LogP contribution in [0.15, 0.2) is 39.5 Å². The maximum absolute atomic E-state index is 11.5. The Morgan fingerprint density at radius 2 is 2.05 bits per heavy atom. The van der Waals surface area contributed by atoms with Crippen LogP contribution in [-0.4, -0.2) is 17.3 Å². The fraction of sp³-hybridized carbons (Fsp3) is 0.133. The molecule has 0 aliphatic heterocycles. The van der Waals surface area contributed by atoms with E-state index in [-0.39, 0.29) is 11.5 Å². The van der Waals surface area contributed by atoms with E-state index >= 15 is 0 Å². The first-order valence-corrected chi connectivity index (χ1v) is 5.93. The van der Waals surface area contributed by atoms with Crippen LogP contribution in [0.1, 0.15) is 17.1 Å². The SMILES string of the molecule is COc1ccccc1C=Cc1oc(CO)cc(=O)c1O. The van der Waals surface area contributed by atoms with Gasteiger partial charge in [-0.15, -0.1) is 0 Å². The highest BCUT2D eigenvalue weighted by atomic mass is 16.5. The third-order valence-corrected chi connectivity index (χ3v) is 2.71. The van der Waals surface area contributed by atoms with Crippen molar-refractivity contribution in [1.82, 2.24) is 0 Å². The third-order valence-electron chi connectivity index (χ3n) is 2.71. The molecule has 5 heteroatoms. The summed E-state index contributed by atoms with van der Waals surface area (Å²) in [5.74, 6) is 0.247. The Bertz CT molecular complexity index is 685. The first-order valence-electron chi connectivity index (χ1n) is 5.93. The van der Waals surface area contributed by atoms with E-state index in [2.05, 4.69) is 0 Å². The van der Waals surface area contributed by atoms with Crippen LogP contribution >= 0.6 is 0 Å². The average molecular weight is 274 g/mol. The Kier molecular flexibility index (Phi) is 4.22. The number of aromatic hydroxyl groups is 1. The molecule has 0 aliphatic rings. The molecule has 0 radical (unpaired) electrons. The molecule has 0 aliphatic carbocycles. The Labute approximate surface area is 115 Å². The largest absolute Gasteiger partial charge is 0.502 e. The zero-order chi connectivity index (χ0) is 14.5. The van der Waals surface area contributed by atoms with Gasteiger partial charge in [-0.05, 0) is 18.2 Å². The van der Waals surface area contributed by atoms with Gasteiger partial charge in [0.15, 0.2) is 5.76 Å². The molecule has 0 amide bonds. The topological polar surface area (TPSA) is 79.9 Å². The lowest BCUT2D eigenvalue weighted by Crippen LogP contribution is -2.02. The van der Waals surface area contributed by atoms with E-state index in [4.69, 9.17) is 14.3 Å². The molecule has 5 nitrogen and oxygen atoms in total. The van der Waals surface area contributed by atoms with Crippen LogP contribution in [-0.2, 0) is 6.61 Å². The van der Waals surface area contributed by atoms with Crippen molar-refractivity contribution in [2.45, 2.75) is 6.61 Å². The highest BCUT2D eigenvalue weighted by Gasteiger charge is 2.08. The Morgan fingerprint density at radius 3 is 2.75 bits per heavy atom. The fourth-order valence-corrected chi connectivity index (χ4v) is 1.72. The summed E-state index contributed by atoms with van der Waals surface area (Å²) < 4.78 is 10.4. The van der Waals surface area contributed by atoms with Gasteiger partial charge in [-0.3, -0.25) is 4.79 Å². The third kappa shape index (κ3) is 2.89. The molecular weight excluding hydrogens is 260 g/mol. The molecule has 0 atom stereocenters. The van der Waals surface area contributed by atoms with Gasteiger partial charge in [0.25, 0.3) is 0 Å². The molecular formula is C15H14O5. The summed E-state index contributed by atoms with van der Waals surface area (Å²) >= 11 is 0. The Morgan fingerprint density at radius 1 is 1.30 bits per heavy atom. The molecule has 1 aromatic carbocycles. The van der Waals surface area contributed by atoms with Gasteiger partial charge >= 0.3 is 0 Å². The van der Waals surface area contributed by atoms with Gasteiger partial charge in [0.05, 0.1) is 7.11 Å². The molecule has 0 bridgehead atoms. The monoisotopic (exact) mass is 274 g/mol. The predicted octanol–water partition coefficient (Wildman–Crippen LogP) is 2.02. The van der Waals surface area contributed by atoms with E-state index in [0.29, 0.717) is 5.75 Å². The van der Waals surface area contributed by atoms with Crippen molar-refractivity contribution in [2.75, 3.05) is 7.11 Å². The van der Waals surface area contributed by atoms with Crippen molar-refractivity contribution in [1.29, 1.82) is 0 Å².